The van der Waals surface area contributed by atoms with Crippen molar-refractivity contribution in [3.63, 3.8) is 0 Å². The van der Waals surface area contributed by atoms with Gasteiger partial charge in [-0.2, -0.15) is 0 Å². The zero-order valence-electron chi connectivity index (χ0n) is 15.2. The first-order valence-corrected chi connectivity index (χ1v) is 9.54. The molecule has 0 radical (unpaired) electrons. The Balaban J connectivity index is 1.62. The van der Waals surface area contributed by atoms with Crippen LogP contribution in [0.3, 0.4) is 0 Å². The lowest BCUT2D eigenvalue weighted by molar-refractivity contribution is -0.248. The molecule has 3 unspecified atom stereocenters. The van der Waals surface area contributed by atoms with Gasteiger partial charge < -0.3 is 24.9 Å². The summed E-state index contributed by atoms with van der Waals surface area (Å²) in [6.07, 6.45) is 2.03. The van der Waals surface area contributed by atoms with Gasteiger partial charge in [0.2, 0.25) is 0 Å². The highest BCUT2D eigenvalue weighted by atomic mass is 35.5. The summed E-state index contributed by atoms with van der Waals surface area (Å²) in [5.74, 6) is -1.07. The van der Waals surface area contributed by atoms with E-state index in [2.05, 4.69) is 5.16 Å². The van der Waals surface area contributed by atoms with Crippen LogP contribution in [0.5, 0.6) is 0 Å². The molecule has 2 fully saturated rings. The van der Waals surface area contributed by atoms with Crippen molar-refractivity contribution in [2.45, 2.75) is 36.8 Å². The van der Waals surface area contributed by atoms with Crippen LogP contribution < -0.4 is 0 Å². The summed E-state index contributed by atoms with van der Waals surface area (Å²) in [4.78, 5) is 0. The Kier molecular flexibility index (Phi) is 5.16. The molecule has 4 rings (SSSR count). The number of halogens is 1. The topological polar surface area (TPSA) is 91.5 Å². The normalized spacial score (nSPS) is 29.5. The molecule has 3 N–H and O–H groups in total. The Hall–Kier alpha value is -1.96. The SMILES string of the molecule is OCC12COC(c3ccc(Cl)c(Cc4ccc(/C=N/O)cc4)c3)(CC(O)C1)O2. The zero-order chi connectivity index (χ0) is 19.8. The second kappa shape index (κ2) is 7.46. The summed E-state index contributed by atoms with van der Waals surface area (Å²) in [6.45, 7) is 0.0438. The first kappa shape index (κ1) is 19.4. The lowest BCUT2D eigenvalue weighted by Gasteiger charge is -2.39. The fraction of sp³-hybridized carbons (Fsp3) is 0.381. The average molecular weight is 404 g/mol. The second-order valence-corrected chi connectivity index (χ2v) is 7.92. The third kappa shape index (κ3) is 3.54. The first-order chi connectivity index (χ1) is 13.5. The van der Waals surface area contributed by atoms with Gasteiger partial charge in [-0.3, -0.25) is 0 Å². The maximum Gasteiger partial charge on any atom is 0.198 e. The number of nitrogens with zero attached hydrogens (tertiary/aromatic N) is 1. The average Bonchev–Trinajstić information content (AvgIpc) is 2.98. The largest absolute Gasteiger partial charge is 0.411 e. The van der Waals surface area contributed by atoms with Gasteiger partial charge in [0.1, 0.15) is 5.60 Å². The molecule has 2 aliphatic heterocycles. The van der Waals surface area contributed by atoms with Crippen LogP contribution in [0.25, 0.3) is 0 Å². The Bertz CT molecular complexity index is 887. The molecule has 2 aromatic rings. The summed E-state index contributed by atoms with van der Waals surface area (Å²) < 4.78 is 12.1. The summed E-state index contributed by atoms with van der Waals surface area (Å²) >= 11 is 6.42. The van der Waals surface area contributed by atoms with Gasteiger partial charge in [-0.1, -0.05) is 47.1 Å². The molecular formula is C21H22ClNO5. The Morgan fingerprint density at radius 2 is 1.96 bits per heavy atom. The maximum absolute atomic E-state index is 10.3. The second-order valence-electron chi connectivity index (χ2n) is 7.52. The molecule has 2 bridgehead atoms. The van der Waals surface area contributed by atoms with Gasteiger partial charge in [0, 0.05) is 23.4 Å². The van der Waals surface area contributed by atoms with Crippen LogP contribution in [-0.4, -0.2) is 46.6 Å². The van der Waals surface area contributed by atoms with Gasteiger partial charge in [-0.05, 0) is 35.2 Å². The minimum atomic E-state index is -1.07. The third-order valence-corrected chi connectivity index (χ3v) is 5.79. The Morgan fingerprint density at radius 3 is 2.68 bits per heavy atom. The van der Waals surface area contributed by atoms with Gasteiger partial charge in [0.05, 0.1) is 25.5 Å². The number of hydrogen-bond donors (Lipinski definition) is 3. The van der Waals surface area contributed by atoms with Crippen molar-refractivity contribution in [3.8, 4) is 0 Å². The maximum atomic E-state index is 10.3. The van der Waals surface area contributed by atoms with E-state index >= 15 is 0 Å². The van der Waals surface area contributed by atoms with Crippen molar-refractivity contribution in [2.24, 2.45) is 5.16 Å². The van der Waals surface area contributed by atoms with E-state index in [1.54, 1.807) is 6.07 Å². The summed E-state index contributed by atoms with van der Waals surface area (Å²) in [5, 5.41) is 32.3. The summed E-state index contributed by atoms with van der Waals surface area (Å²) in [5.41, 5.74) is 2.68. The molecule has 0 amide bonds. The number of rotatable bonds is 5. The quantitative estimate of drug-likeness (QED) is 0.405. The van der Waals surface area contributed by atoms with E-state index in [9.17, 15) is 10.2 Å². The number of benzene rings is 2. The predicted molar refractivity (Wildman–Crippen MR) is 104 cm³/mol. The number of oxime groups is 1. The highest BCUT2D eigenvalue weighted by Gasteiger charge is 2.57. The number of aliphatic hydroxyl groups excluding tert-OH is 2. The van der Waals surface area contributed by atoms with E-state index in [-0.39, 0.29) is 13.2 Å². The lowest BCUT2D eigenvalue weighted by atomic mass is 9.88. The fourth-order valence-electron chi connectivity index (χ4n) is 4.03. The molecule has 0 aliphatic carbocycles. The van der Waals surface area contributed by atoms with Crippen LogP contribution in [0, 0.1) is 0 Å². The molecule has 2 saturated heterocycles. The molecule has 6 nitrogen and oxygen atoms in total. The molecule has 28 heavy (non-hydrogen) atoms. The number of hydrogen-bond acceptors (Lipinski definition) is 6. The van der Waals surface area contributed by atoms with Crippen LogP contribution in [0.2, 0.25) is 5.02 Å². The highest BCUT2D eigenvalue weighted by Crippen LogP contribution is 2.49. The monoisotopic (exact) mass is 403 g/mol. The van der Waals surface area contributed by atoms with Crippen LogP contribution >= 0.6 is 11.6 Å². The lowest BCUT2D eigenvalue weighted by Crippen LogP contribution is -2.47. The Morgan fingerprint density at radius 1 is 1.18 bits per heavy atom. The van der Waals surface area contributed by atoms with Crippen molar-refractivity contribution in [1.29, 1.82) is 0 Å². The molecule has 7 heteroatoms. The molecule has 3 atom stereocenters. The van der Waals surface area contributed by atoms with Crippen LogP contribution in [0.15, 0.2) is 47.6 Å². The van der Waals surface area contributed by atoms with E-state index in [1.807, 2.05) is 36.4 Å². The smallest absolute Gasteiger partial charge is 0.198 e. The number of aliphatic hydroxyl groups is 2. The van der Waals surface area contributed by atoms with Crippen molar-refractivity contribution >= 4 is 17.8 Å². The fourth-order valence-corrected chi connectivity index (χ4v) is 4.21. The van der Waals surface area contributed by atoms with Gasteiger partial charge in [0.15, 0.2) is 5.79 Å². The predicted octanol–water partition coefficient (Wildman–Crippen LogP) is 2.82. The number of fused-ring (bicyclic) bond motifs is 2. The first-order valence-electron chi connectivity index (χ1n) is 9.16. The van der Waals surface area contributed by atoms with Gasteiger partial charge in [0.25, 0.3) is 0 Å². The summed E-state index contributed by atoms with van der Waals surface area (Å²) in [7, 11) is 0. The van der Waals surface area contributed by atoms with Crippen LogP contribution in [0.1, 0.15) is 35.1 Å². The van der Waals surface area contributed by atoms with E-state index in [0.717, 1.165) is 22.3 Å². The molecule has 0 saturated carbocycles. The third-order valence-electron chi connectivity index (χ3n) is 5.42. The van der Waals surface area contributed by atoms with E-state index < -0.39 is 17.5 Å². The molecule has 0 spiro atoms. The highest BCUT2D eigenvalue weighted by molar-refractivity contribution is 6.31. The molecular weight excluding hydrogens is 382 g/mol. The van der Waals surface area contributed by atoms with E-state index in [1.165, 1.54) is 6.21 Å². The molecule has 148 valence electrons. The van der Waals surface area contributed by atoms with Gasteiger partial charge in [-0.15, -0.1) is 0 Å². The molecule has 2 heterocycles. The van der Waals surface area contributed by atoms with Gasteiger partial charge >= 0.3 is 0 Å². The number of ether oxygens (including phenoxy) is 2. The minimum Gasteiger partial charge on any atom is -0.411 e. The molecule has 2 aliphatic rings. The van der Waals surface area contributed by atoms with Gasteiger partial charge in [-0.25, -0.2) is 0 Å². The van der Waals surface area contributed by atoms with Crippen LogP contribution in [0.4, 0.5) is 0 Å². The zero-order valence-corrected chi connectivity index (χ0v) is 16.0. The van der Waals surface area contributed by atoms with Crippen LogP contribution in [-0.2, 0) is 21.7 Å². The van der Waals surface area contributed by atoms with Crippen molar-refractivity contribution in [1.82, 2.24) is 0 Å². The van der Waals surface area contributed by atoms with E-state index in [4.69, 9.17) is 26.3 Å². The van der Waals surface area contributed by atoms with Crippen molar-refractivity contribution in [3.05, 3.63) is 69.7 Å². The van der Waals surface area contributed by atoms with E-state index in [0.29, 0.717) is 24.3 Å². The minimum absolute atomic E-state index is 0.199. The molecule has 0 aromatic heterocycles. The standard InChI is InChI=1S/C21H22ClNO5/c22-19-6-5-17(21-10-18(25)9-20(12-24,28-21)13-27-21)8-16(19)7-14-1-3-15(4-2-14)11-23-26/h1-6,8,11,18,24-26H,7,9-10,12-13H2/b23-11+. The van der Waals surface area contributed by atoms with Crippen molar-refractivity contribution < 1.29 is 24.9 Å². The van der Waals surface area contributed by atoms with Crippen molar-refractivity contribution in [2.75, 3.05) is 13.2 Å². The Labute approximate surface area is 168 Å². The summed E-state index contributed by atoms with van der Waals surface area (Å²) in [6, 6.07) is 13.2. The molecule has 2 aromatic carbocycles.